The third kappa shape index (κ3) is 8.46. The molecule has 1 fully saturated rings. The van der Waals surface area contributed by atoms with Gasteiger partial charge in [-0.3, -0.25) is 4.98 Å². The summed E-state index contributed by atoms with van der Waals surface area (Å²) < 4.78 is 27.2. The molecular weight excluding hydrogens is 675 g/mol. The second-order valence-corrected chi connectivity index (χ2v) is 29.2. The molecule has 3 aromatic heterocycles. The van der Waals surface area contributed by atoms with Crippen LogP contribution in [0.25, 0.3) is 28.0 Å². The van der Waals surface area contributed by atoms with Gasteiger partial charge in [-0.05, 0) is 99.2 Å². The normalized spacial score (nSPS) is 19.0. The van der Waals surface area contributed by atoms with Gasteiger partial charge in [-0.1, -0.05) is 65.8 Å². The molecular formula is C39H59N5O3SSi2. The highest BCUT2D eigenvalue weighted by atomic mass is 32.2. The summed E-state index contributed by atoms with van der Waals surface area (Å²) in [5.41, 5.74) is 4.77. The highest BCUT2D eigenvalue weighted by molar-refractivity contribution is 7.90. The monoisotopic (exact) mass is 733 g/mol. The van der Waals surface area contributed by atoms with Gasteiger partial charge in [0, 0.05) is 46.4 Å². The fourth-order valence-electron chi connectivity index (χ4n) is 6.06. The lowest BCUT2D eigenvalue weighted by atomic mass is 9.69. The number of rotatable bonds is 12. The fraction of sp³-hybridized carbons (Fsp3) is 0.564. The average Bonchev–Trinajstić information content (AvgIpc) is 3.43. The first-order valence-electron chi connectivity index (χ1n) is 18.0. The van der Waals surface area contributed by atoms with Crippen LogP contribution >= 0.6 is 0 Å². The van der Waals surface area contributed by atoms with E-state index in [9.17, 15) is 4.55 Å². The van der Waals surface area contributed by atoms with Crippen molar-refractivity contribution in [3.05, 3.63) is 72.2 Å². The van der Waals surface area contributed by atoms with E-state index in [0.29, 0.717) is 18.9 Å². The number of benzene rings is 1. The van der Waals surface area contributed by atoms with Gasteiger partial charge in [-0.15, -0.1) is 0 Å². The van der Waals surface area contributed by atoms with Crippen LogP contribution in [0.4, 0.5) is 0 Å². The molecule has 1 aromatic carbocycles. The molecule has 50 heavy (non-hydrogen) atoms. The Morgan fingerprint density at radius 3 is 2.20 bits per heavy atom. The predicted octanol–water partition coefficient (Wildman–Crippen LogP) is 9.68. The standard InChI is InChI=1S/C39H59N5O3SSi2/c1-37(2,3)49(9,10)46-26-30-15-13-18-36(42-30)44-35-23-27(19-20-28(35)25-41-44)33-16-14-17-34(43-33)32(24-39(7,8)48(40)45)29-21-31(22-29)47-50(11,12)38(4,5)6/h13-20,23,25,29,31-32H,21-22,24,26,40H2,1-12H3. The van der Waals surface area contributed by atoms with Crippen LogP contribution in [0.3, 0.4) is 0 Å². The highest BCUT2D eigenvalue weighted by Crippen LogP contribution is 2.48. The molecule has 0 aliphatic heterocycles. The van der Waals surface area contributed by atoms with Gasteiger partial charge in [0.25, 0.3) is 0 Å². The molecule has 0 spiro atoms. The first-order chi connectivity index (χ1) is 23.1. The van der Waals surface area contributed by atoms with E-state index in [-0.39, 0.29) is 22.1 Å². The smallest absolute Gasteiger partial charge is 0.192 e. The molecule has 11 heteroatoms. The van der Waals surface area contributed by atoms with E-state index in [1.807, 2.05) is 42.9 Å². The van der Waals surface area contributed by atoms with Gasteiger partial charge in [0.05, 0.1) is 29.7 Å². The molecule has 4 aromatic rings. The Morgan fingerprint density at radius 2 is 1.56 bits per heavy atom. The third-order valence-corrected chi connectivity index (χ3v) is 21.9. The Balaban J connectivity index is 1.42. The van der Waals surface area contributed by atoms with Crippen molar-refractivity contribution in [2.24, 2.45) is 11.1 Å². The summed E-state index contributed by atoms with van der Waals surface area (Å²) >= 11 is -1.46. The summed E-state index contributed by atoms with van der Waals surface area (Å²) in [6, 6.07) is 18.7. The van der Waals surface area contributed by atoms with Crippen molar-refractivity contribution in [1.82, 2.24) is 19.7 Å². The van der Waals surface area contributed by atoms with E-state index in [1.165, 1.54) is 0 Å². The molecule has 0 amide bonds. The summed E-state index contributed by atoms with van der Waals surface area (Å²) in [4.78, 5) is 10.2. The Labute approximate surface area is 305 Å². The lowest BCUT2D eigenvalue weighted by molar-refractivity contribution is 0.0356. The lowest BCUT2D eigenvalue weighted by Crippen LogP contribution is -2.49. The van der Waals surface area contributed by atoms with Gasteiger partial charge >= 0.3 is 0 Å². The molecule has 1 saturated carbocycles. The van der Waals surface area contributed by atoms with Crippen molar-refractivity contribution < 1.29 is 13.4 Å². The minimum Gasteiger partial charge on any atom is -0.598 e. The van der Waals surface area contributed by atoms with Crippen molar-refractivity contribution in [2.45, 2.75) is 134 Å². The van der Waals surface area contributed by atoms with Crippen LogP contribution in [0.15, 0.2) is 60.8 Å². The Bertz CT molecular complexity index is 1790. The van der Waals surface area contributed by atoms with E-state index in [1.54, 1.807) is 0 Å². The number of aromatic nitrogens is 4. The van der Waals surface area contributed by atoms with E-state index in [2.05, 4.69) is 104 Å². The van der Waals surface area contributed by atoms with Crippen LogP contribution in [0, 0.1) is 5.92 Å². The van der Waals surface area contributed by atoms with Crippen molar-refractivity contribution in [3.8, 4) is 17.1 Å². The fourth-order valence-corrected chi connectivity index (χ4v) is 8.73. The van der Waals surface area contributed by atoms with Gasteiger partial charge in [-0.2, -0.15) is 10.2 Å². The van der Waals surface area contributed by atoms with Crippen LogP contribution in [-0.2, 0) is 26.8 Å². The minimum atomic E-state index is -1.91. The van der Waals surface area contributed by atoms with Gasteiger partial charge in [0.15, 0.2) is 22.5 Å². The lowest BCUT2D eigenvalue weighted by Gasteiger charge is -2.47. The largest absolute Gasteiger partial charge is 0.598 e. The Morgan fingerprint density at radius 1 is 0.900 bits per heavy atom. The zero-order valence-corrected chi connectivity index (χ0v) is 35.1. The van der Waals surface area contributed by atoms with E-state index in [4.69, 9.17) is 29.1 Å². The minimum absolute atomic E-state index is 0.117. The van der Waals surface area contributed by atoms with Gasteiger partial charge in [0.2, 0.25) is 0 Å². The summed E-state index contributed by atoms with van der Waals surface area (Å²) in [5, 5.41) is 12.1. The van der Waals surface area contributed by atoms with E-state index >= 15 is 0 Å². The predicted molar refractivity (Wildman–Crippen MR) is 213 cm³/mol. The molecule has 0 radical (unpaired) electrons. The molecule has 0 saturated heterocycles. The molecule has 3 heterocycles. The number of hydrogen-bond acceptors (Lipinski definition) is 7. The quantitative estimate of drug-likeness (QED) is 0.114. The zero-order valence-electron chi connectivity index (χ0n) is 32.3. The van der Waals surface area contributed by atoms with Crippen LogP contribution < -0.4 is 5.14 Å². The summed E-state index contributed by atoms with van der Waals surface area (Å²) in [7, 11) is -3.78. The van der Waals surface area contributed by atoms with Crippen molar-refractivity contribution in [1.29, 1.82) is 0 Å². The number of hydrogen-bond donors (Lipinski definition) is 1. The topological polar surface area (TPSA) is 111 Å². The van der Waals surface area contributed by atoms with Crippen molar-refractivity contribution in [2.75, 3.05) is 0 Å². The second-order valence-electron chi connectivity index (χ2n) is 17.9. The number of nitrogens with two attached hydrogens (primary N) is 1. The molecule has 1 aliphatic carbocycles. The summed E-state index contributed by atoms with van der Waals surface area (Å²) in [6.45, 7) is 27.3. The first-order valence-corrected chi connectivity index (χ1v) is 25.0. The zero-order chi connectivity index (χ0) is 36.9. The van der Waals surface area contributed by atoms with E-state index < -0.39 is 32.7 Å². The van der Waals surface area contributed by atoms with Gasteiger partial charge in [0.1, 0.15) is 4.75 Å². The molecule has 272 valence electrons. The van der Waals surface area contributed by atoms with Crippen LogP contribution in [0.5, 0.6) is 0 Å². The van der Waals surface area contributed by atoms with Gasteiger partial charge in [-0.25, -0.2) is 9.67 Å². The molecule has 2 atom stereocenters. The summed E-state index contributed by atoms with van der Waals surface area (Å²) in [6.07, 6.45) is 4.79. The van der Waals surface area contributed by atoms with Crippen molar-refractivity contribution >= 4 is 38.9 Å². The molecule has 2 unspecified atom stereocenters. The second kappa shape index (κ2) is 14.2. The SMILES string of the molecule is CC(C)(CC(c1cccc(-c2ccc3cnn(-c4cccc(CO[Si](C)(C)C(C)(C)C)n4)c3c2)n1)C1CC(O[Si](C)(C)C(C)(C)C)C1)[S+](N)[O-]. The average molecular weight is 734 g/mol. The molecule has 5 rings (SSSR count). The first kappa shape index (κ1) is 38.8. The maximum absolute atomic E-state index is 12.6. The van der Waals surface area contributed by atoms with E-state index in [0.717, 1.165) is 52.2 Å². The Hall–Kier alpha value is -2.39. The molecule has 8 nitrogen and oxygen atoms in total. The van der Waals surface area contributed by atoms with Crippen LogP contribution in [0.1, 0.15) is 92.0 Å². The number of nitrogens with zero attached hydrogens (tertiary/aromatic N) is 4. The number of fused-ring (bicyclic) bond motifs is 1. The van der Waals surface area contributed by atoms with Crippen molar-refractivity contribution in [3.63, 3.8) is 0 Å². The van der Waals surface area contributed by atoms with Crippen LogP contribution in [0.2, 0.25) is 36.3 Å². The maximum Gasteiger partial charge on any atom is 0.192 e. The summed E-state index contributed by atoms with van der Waals surface area (Å²) in [5.74, 6) is 1.26. The third-order valence-electron chi connectivity index (χ3n) is 11.6. The van der Waals surface area contributed by atoms with Gasteiger partial charge < -0.3 is 13.4 Å². The maximum atomic E-state index is 12.6. The Kier molecular flexibility index (Phi) is 11.0. The molecule has 2 N–H and O–H groups in total. The highest BCUT2D eigenvalue weighted by Gasteiger charge is 2.46. The number of pyridine rings is 2. The molecule has 0 bridgehead atoms. The molecule has 1 aliphatic rings. The van der Waals surface area contributed by atoms with Crippen LogP contribution in [-0.4, -0.2) is 51.8 Å².